The Bertz CT molecular complexity index is 2300. The molecule has 9 atom stereocenters. The number of ether oxygens (including phenoxy) is 3. The minimum absolute atomic E-state index is 0.0740. The lowest BCUT2D eigenvalue weighted by Gasteiger charge is -2.25. The van der Waals surface area contributed by atoms with Crippen molar-refractivity contribution in [1.82, 2.24) is 49.9 Å². The second kappa shape index (κ2) is 16.5. The summed E-state index contributed by atoms with van der Waals surface area (Å²) < 4.78 is 22.1. The van der Waals surface area contributed by atoms with E-state index in [-0.39, 0.29) is 48.7 Å². The van der Waals surface area contributed by atoms with Crippen molar-refractivity contribution in [3.8, 4) is 0 Å². The van der Waals surface area contributed by atoms with E-state index in [4.69, 9.17) is 44.4 Å². The zero-order valence-electron chi connectivity index (χ0n) is 30.0. The Morgan fingerprint density at radius 2 is 1.04 bits per heavy atom. The summed E-state index contributed by atoms with van der Waals surface area (Å²) in [5, 5.41) is 23.7. The summed E-state index contributed by atoms with van der Waals surface area (Å²) in [5.41, 5.74) is 3.55. The highest BCUT2D eigenvalue weighted by Crippen LogP contribution is 2.30. The largest absolute Gasteiger partial charge is 0.390 e. The summed E-state index contributed by atoms with van der Waals surface area (Å²) in [6.07, 6.45) is -0.210. The fourth-order valence-corrected chi connectivity index (χ4v) is 7.28. The van der Waals surface area contributed by atoms with Gasteiger partial charge in [0.05, 0.1) is 30.4 Å². The highest BCUT2D eigenvalue weighted by molar-refractivity contribution is 7.80. The lowest BCUT2D eigenvalue weighted by Crippen LogP contribution is -2.52. The summed E-state index contributed by atoms with van der Waals surface area (Å²) in [6, 6.07) is -0.880. The number of nitrogens with zero attached hydrogens (tertiary/aromatic N) is 3. The van der Waals surface area contributed by atoms with Crippen LogP contribution in [-0.2, 0) is 14.2 Å². The van der Waals surface area contributed by atoms with Crippen LogP contribution in [0.1, 0.15) is 54.6 Å². The van der Waals surface area contributed by atoms with E-state index in [1.165, 1.54) is 32.3 Å². The van der Waals surface area contributed by atoms with Gasteiger partial charge in [-0.2, -0.15) is 0 Å². The number of aliphatic hydroxyl groups excluding tert-OH is 1. The number of aliphatic hydroxyl groups is 1. The number of aryl methyl sites for hydroxylation is 3. The van der Waals surface area contributed by atoms with Crippen molar-refractivity contribution >= 4 is 34.7 Å². The van der Waals surface area contributed by atoms with E-state index in [0.717, 1.165) is 0 Å². The first-order valence-corrected chi connectivity index (χ1v) is 18.3. The highest BCUT2D eigenvalue weighted by atomic mass is 32.1. The third kappa shape index (κ3) is 8.87. The molecule has 0 radical (unpaired) electrons. The first-order chi connectivity index (χ1) is 26.1. The molecule has 298 valence electrons. The van der Waals surface area contributed by atoms with Crippen molar-refractivity contribution in [3.63, 3.8) is 0 Å². The third-order valence-corrected chi connectivity index (χ3v) is 10.4. The van der Waals surface area contributed by atoms with Crippen LogP contribution < -0.4 is 60.7 Å². The maximum atomic E-state index is 12.8. The Morgan fingerprint density at radius 1 is 0.673 bits per heavy atom. The molecule has 10 N–H and O–H groups in total. The number of nitrogens with two attached hydrogens (primary N) is 1. The second-order valence-corrected chi connectivity index (χ2v) is 14.6. The molecule has 0 unspecified atom stereocenters. The molecule has 3 saturated heterocycles. The Hall–Kier alpha value is -4.78. The Labute approximate surface area is 321 Å². The average Bonchev–Trinajstić information content (AvgIpc) is 3.83. The van der Waals surface area contributed by atoms with Crippen molar-refractivity contribution in [2.45, 2.75) is 95.2 Å². The maximum Gasteiger partial charge on any atom is 0.330 e. The second-order valence-electron chi connectivity index (χ2n) is 13.8. The van der Waals surface area contributed by atoms with Gasteiger partial charge in [0.25, 0.3) is 16.7 Å². The Balaban J connectivity index is 1.09. The molecule has 0 amide bonds. The molecule has 0 spiro atoms. The van der Waals surface area contributed by atoms with Gasteiger partial charge in [0.15, 0.2) is 10.2 Å². The number of nitrogens with one attached hydrogen (secondary N) is 7. The minimum atomic E-state index is -0.944. The molecule has 0 bridgehead atoms. The molecule has 0 saturated carbocycles. The number of rotatable bonds is 10. The topological polar surface area (TPSA) is 287 Å². The van der Waals surface area contributed by atoms with E-state index in [1.807, 2.05) is 0 Å². The molecule has 3 aromatic rings. The monoisotopic (exact) mass is 805 g/mol. The van der Waals surface area contributed by atoms with Crippen LogP contribution in [0.2, 0.25) is 0 Å². The maximum absolute atomic E-state index is 12.8. The fraction of sp³-hybridized carbons (Fsp3) is 0.562. The van der Waals surface area contributed by atoms with E-state index in [1.54, 1.807) is 20.8 Å². The zero-order valence-corrected chi connectivity index (χ0v) is 31.7. The molecule has 6 heterocycles. The number of aromatic nitrogens is 6. The molecular formula is C32H43N11O10S2. The van der Waals surface area contributed by atoms with Crippen molar-refractivity contribution < 1.29 is 19.3 Å². The molecule has 23 heteroatoms. The van der Waals surface area contributed by atoms with Crippen molar-refractivity contribution in [2.75, 3.05) is 19.6 Å². The molecular weight excluding hydrogens is 763 g/mol. The Kier molecular flexibility index (Phi) is 12.0. The van der Waals surface area contributed by atoms with E-state index in [9.17, 15) is 33.9 Å². The number of H-pyrrole nitrogens is 3. The first kappa shape index (κ1) is 39.9. The minimum Gasteiger partial charge on any atom is -0.390 e. The Morgan fingerprint density at radius 3 is 1.47 bits per heavy atom. The van der Waals surface area contributed by atoms with Crippen molar-refractivity contribution in [2.24, 2.45) is 5.73 Å². The van der Waals surface area contributed by atoms with E-state index >= 15 is 0 Å². The molecule has 55 heavy (non-hydrogen) atoms. The fourth-order valence-electron chi connectivity index (χ4n) is 6.81. The van der Waals surface area contributed by atoms with E-state index in [0.29, 0.717) is 23.1 Å². The SMILES string of the molecule is Cc1cn([C@H]2C[C@H](NC(=S)NC[C@H]3O[C@@H](n4cc(C)c(=O)[nH]c4=O)C[C@@H]3NC(=S)NC[C@H]3O[C@@H](n4cc(C)c(=O)[nH]c4=O)C[C@@H]3O)[C@@H](CN)O2)c(=O)[nH]c1=O. The molecule has 3 aliphatic rings. The summed E-state index contributed by atoms with van der Waals surface area (Å²) >= 11 is 11.2. The van der Waals surface area contributed by atoms with Gasteiger partial charge in [-0.25, -0.2) is 14.4 Å². The van der Waals surface area contributed by atoms with Gasteiger partial charge in [-0.05, 0) is 45.2 Å². The quantitative estimate of drug-likeness (QED) is 0.0896. The molecule has 3 aromatic heterocycles. The van der Waals surface area contributed by atoms with Crippen molar-refractivity contribution in [1.29, 1.82) is 0 Å². The van der Waals surface area contributed by atoms with E-state index < -0.39 is 82.9 Å². The van der Waals surface area contributed by atoms with Crippen LogP contribution >= 0.6 is 24.4 Å². The summed E-state index contributed by atoms with van der Waals surface area (Å²) in [7, 11) is 0. The van der Waals surface area contributed by atoms with Crippen LogP contribution in [0.25, 0.3) is 0 Å². The molecule has 0 aromatic carbocycles. The van der Waals surface area contributed by atoms with Gasteiger partial charge in [-0.3, -0.25) is 43.0 Å². The van der Waals surface area contributed by atoms with Crippen LogP contribution in [0.15, 0.2) is 47.4 Å². The van der Waals surface area contributed by atoms with Gasteiger partial charge in [0.1, 0.15) is 24.8 Å². The zero-order chi connectivity index (χ0) is 39.7. The molecule has 21 nitrogen and oxygen atoms in total. The lowest BCUT2D eigenvalue weighted by atomic mass is 10.1. The molecule has 3 fully saturated rings. The van der Waals surface area contributed by atoms with Gasteiger partial charge in [-0.15, -0.1) is 0 Å². The van der Waals surface area contributed by atoms with E-state index in [2.05, 4.69) is 36.2 Å². The van der Waals surface area contributed by atoms with Crippen LogP contribution in [0.5, 0.6) is 0 Å². The van der Waals surface area contributed by atoms with Crippen LogP contribution in [0.4, 0.5) is 0 Å². The number of thiocarbonyl (C=S) groups is 2. The lowest BCUT2D eigenvalue weighted by molar-refractivity contribution is -0.0173. The van der Waals surface area contributed by atoms with Crippen LogP contribution in [0.3, 0.4) is 0 Å². The smallest absolute Gasteiger partial charge is 0.330 e. The van der Waals surface area contributed by atoms with Gasteiger partial charge >= 0.3 is 17.1 Å². The average molecular weight is 806 g/mol. The van der Waals surface area contributed by atoms with Crippen molar-refractivity contribution in [3.05, 3.63) is 97.8 Å². The normalized spacial score (nSPS) is 27.5. The van der Waals surface area contributed by atoms with Gasteiger partial charge in [0.2, 0.25) is 0 Å². The predicted molar refractivity (Wildman–Crippen MR) is 204 cm³/mol. The number of hydrogen-bond donors (Lipinski definition) is 9. The van der Waals surface area contributed by atoms with Gasteiger partial charge in [-0.1, -0.05) is 0 Å². The van der Waals surface area contributed by atoms with Crippen LogP contribution in [0, 0.1) is 20.8 Å². The molecule has 6 rings (SSSR count). The molecule has 0 aliphatic carbocycles. The predicted octanol–water partition coefficient (Wildman–Crippen LogP) is -3.59. The number of aromatic amines is 3. The van der Waals surface area contributed by atoms with Crippen LogP contribution in [-0.4, -0.2) is 100 Å². The molecule has 3 aliphatic heterocycles. The number of hydrogen-bond acceptors (Lipinski definition) is 13. The summed E-state index contributed by atoms with van der Waals surface area (Å²) in [5.74, 6) is 0. The first-order valence-electron chi connectivity index (χ1n) is 17.5. The van der Waals surface area contributed by atoms with Gasteiger partial charge < -0.3 is 46.3 Å². The van der Waals surface area contributed by atoms with Gasteiger partial charge in [0, 0.05) is 74.2 Å². The third-order valence-electron chi connectivity index (χ3n) is 9.84. The highest BCUT2D eigenvalue weighted by Gasteiger charge is 2.40. The summed E-state index contributed by atoms with van der Waals surface area (Å²) in [4.78, 5) is 80.2. The summed E-state index contributed by atoms with van der Waals surface area (Å²) in [6.45, 7) is 5.05. The standard InChI is InChI=1S/C32H43N11O10S2/c1-13-10-41(30(48)38-25(13)45)22-4-16(19(7-33)51-22)36-28(54)34-8-20-17(5-23(52-20)42-11-14(2)26(46)39-31(42)49)37-29(55)35-9-21-18(44)6-24(53-21)43-12-15(3)27(47)40-32(43)50/h10-12,16-24,44H,4-9,33H2,1-3H3,(H2,34,36,54)(H2,35,37,55)(H,38,45,48)(H,39,46,49)(H,40,47,50)/t16-,17-,18-,19+,20+,21+,22+,23+,24+/m0/s1.